The summed E-state index contributed by atoms with van der Waals surface area (Å²) in [4.78, 5) is 11.0. The van der Waals surface area contributed by atoms with Gasteiger partial charge in [0.2, 0.25) is 10.0 Å². The van der Waals surface area contributed by atoms with E-state index in [-0.39, 0.29) is 22.2 Å². The van der Waals surface area contributed by atoms with Gasteiger partial charge < -0.3 is 9.84 Å². The molecule has 1 fully saturated rings. The van der Waals surface area contributed by atoms with E-state index in [0.717, 1.165) is 22.5 Å². The Hall–Kier alpha value is -1.45. The molecule has 1 aliphatic heterocycles. The standard InChI is InChI=1S/C14H16ClF2NO5S/c1-8-10(13(19)20)3-2-6-18(8)24(21,22)9-4-5-12(11(15)7-9)23-14(16)17/h4-5,7-8,10,14H,2-3,6H2,1H3,(H,19,20)/t8-,10-/m1/s1. The maximum atomic E-state index is 12.7. The molecule has 134 valence electrons. The minimum Gasteiger partial charge on any atom is -0.481 e. The number of carboxylic acid groups (broad SMARTS) is 1. The Bertz CT molecular complexity index is 728. The molecule has 0 bridgehead atoms. The minimum atomic E-state index is -4.00. The summed E-state index contributed by atoms with van der Waals surface area (Å²) < 4.78 is 55.2. The van der Waals surface area contributed by atoms with Gasteiger partial charge in [0.15, 0.2) is 0 Å². The van der Waals surface area contributed by atoms with Gasteiger partial charge in [-0.3, -0.25) is 4.79 Å². The number of aliphatic carboxylic acids is 1. The molecule has 0 spiro atoms. The van der Waals surface area contributed by atoms with Crippen LogP contribution in [-0.2, 0) is 14.8 Å². The number of hydrogen-bond acceptors (Lipinski definition) is 4. The lowest BCUT2D eigenvalue weighted by atomic mass is 9.92. The van der Waals surface area contributed by atoms with Crippen LogP contribution in [0.15, 0.2) is 23.1 Å². The number of nitrogens with zero attached hydrogens (tertiary/aromatic N) is 1. The average molecular weight is 384 g/mol. The smallest absolute Gasteiger partial charge is 0.387 e. The second kappa shape index (κ2) is 7.20. The minimum absolute atomic E-state index is 0.181. The van der Waals surface area contributed by atoms with E-state index < -0.39 is 34.6 Å². The topological polar surface area (TPSA) is 83.9 Å². The van der Waals surface area contributed by atoms with Crippen molar-refractivity contribution in [3.8, 4) is 5.75 Å². The van der Waals surface area contributed by atoms with Crippen LogP contribution in [0.2, 0.25) is 5.02 Å². The number of benzene rings is 1. The molecule has 0 aromatic heterocycles. The van der Waals surface area contributed by atoms with Crippen LogP contribution in [-0.4, -0.2) is 43.0 Å². The summed E-state index contributed by atoms with van der Waals surface area (Å²) in [5.74, 6) is -2.19. The first kappa shape index (κ1) is 18.9. The van der Waals surface area contributed by atoms with E-state index in [9.17, 15) is 27.1 Å². The van der Waals surface area contributed by atoms with Crippen LogP contribution in [0.25, 0.3) is 0 Å². The van der Waals surface area contributed by atoms with E-state index in [2.05, 4.69) is 4.74 Å². The fourth-order valence-electron chi connectivity index (χ4n) is 2.75. The Kier molecular flexibility index (Phi) is 5.67. The molecule has 6 nitrogen and oxygen atoms in total. The largest absolute Gasteiger partial charge is 0.481 e. The third kappa shape index (κ3) is 3.79. The number of alkyl halides is 2. The molecule has 1 aromatic rings. The number of halogens is 3. The lowest BCUT2D eigenvalue weighted by molar-refractivity contribution is -0.144. The van der Waals surface area contributed by atoms with Gasteiger partial charge >= 0.3 is 12.6 Å². The molecule has 10 heteroatoms. The van der Waals surface area contributed by atoms with Gasteiger partial charge in [-0.05, 0) is 38.0 Å². The Labute approximate surface area is 143 Å². The normalized spacial score (nSPS) is 22.5. The van der Waals surface area contributed by atoms with Crippen molar-refractivity contribution < 1.29 is 31.8 Å². The van der Waals surface area contributed by atoms with Gasteiger partial charge in [-0.1, -0.05) is 11.6 Å². The monoisotopic (exact) mass is 383 g/mol. The second-order valence-electron chi connectivity index (χ2n) is 5.41. The molecule has 1 aromatic carbocycles. The zero-order valence-corrected chi connectivity index (χ0v) is 14.2. The van der Waals surface area contributed by atoms with E-state index in [1.54, 1.807) is 0 Å². The highest BCUT2D eigenvalue weighted by molar-refractivity contribution is 7.89. The fraction of sp³-hybridized carbons (Fsp3) is 0.500. The van der Waals surface area contributed by atoms with Gasteiger partial charge in [-0.2, -0.15) is 13.1 Å². The third-order valence-corrected chi connectivity index (χ3v) is 6.25. The highest BCUT2D eigenvalue weighted by atomic mass is 35.5. The summed E-state index contributed by atoms with van der Waals surface area (Å²) in [6.07, 6.45) is 0.811. The van der Waals surface area contributed by atoms with Crippen LogP contribution in [0, 0.1) is 5.92 Å². The van der Waals surface area contributed by atoms with Gasteiger partial charge in [-0.25, -0.2) is 8.42 Å². The predicted molar refractivity (Wildman–Crippen MR) is 81.8 cm³/mol. The van der Waals surface area contributed by atoms with Crippen molar-refractivity contribution in [2.45, 2.75) is 37.3 Å². The van der Waals surface area contributed by atoms with Crippen molar-refractivity contribution in [2.75, 3.05) is 6.54 Å². The quantitative estimate of drug-likeness (QED) is 0.845. The van der Waals surface area contributed by atoms with Crippen LogP contribution in [0.1, 0.15) is 19.8 Å². The zero-order valence-electron chi connectivity index (χ0n) is 12.7. The van der Waals surface area contributed by atoms with Gasteiger partial charge in [0.1, 0.15) is 5.75 Å². The molecule has 2 atom stereocenters. The van der Waals surface area contributed by atoms with Crippen LogP contribution in [0.4, 0.5) is 8.78 Å². The van der Waals surface area contributed by atoms with Crippen molar-refractivity contribution >= 4 is 27.6 Å². The first-order valence-electron chi connectivity index (χ1n) is 7.13. The highest BCUT2D eigenvalue weighted by Crippen LogP contribution is 2.33. The SMILES string of the molecule is C[C@@H]1[C@H](C(=O)O)CCCN1S(=O)(=O)c1ccc(OC(F)F)c(Cl)c1. The van der Waals surface area contributed by atoms with E-state index in [1.165, 1.54) is 6.92 Å². The van der Waals surface area contributed by atoms with E-state index in [1.807, 2.05) is 0 Å². The van der Waals surface area contributed by atoms with Gasteiger partial charge in [-0.15, -0.1) is 0 Å². The Morgan fingerprint density at radius 3 is 2.67 bits per heavy atom. The Morgan fingerprint density at radius 2 is 2.12 bits per heavy atom. The second-order valence-corrected chi connectivity index (χ2v) is 7.71. The molecule has 0 saturated carbocycles. The van der Waals surface area contributed by atoms with E-state index in [4.69, 9.17) is 11.6 Å². The highest BCUT2D eigenvalue weighted by Gasteiger charge is 2.39. The molecule has 1 aliphatic rings. The Morgan fingerprint density at radius 1 is 1.46 bits per heavy atom. The van der Waals surface area contributed by atoms with Crippen LogP contribution < -0.4 is 4.74 Å². The van der Waals surface area contributed by atoms with Gasteiger partial charge in [0.25, 0.3) is 0 Å². The van der Waals surface area contributed by atoms with Gasteiger partial charge in [0.05, 0.1) is 15.8 Å². The molecule has 1 heterocycles. The molecular formula is C14H16ClF2NO5S. The summed E-state index contributed by atoms with van der Waals surface area (Å²) >= 11 is 5.80. The number of piperidine rings is 1. The number of hydrogen-bond donors (Lipinski definition) is 1. The maximum absolute atomic E-state index is 12.7. The molecule has 2 rings (SSSR count). The molecule has 0 unspecified atom stereocenters. The van der Waals surface area contributed by atoms with Crippen LogP contribution in [0.3, 0.4) is 0 Å². The number of ether oxygens (including phenoxy) is 1. The van der Waals surface area contributed by atoms with E-state index >= 15 is 0 Å². The molecule has 1 N–H and O–H groups in total. The Balaban J connectivity index is 2.33. The molecule has 1 saturated heterocycles. The molecule has 0 amide bonds. The van der Waals surface area contributed by atoms with Crippen LogP contribution >= 0.6 is 11.6 Å². The average Bonchev–Trinajstić information content (AvgIpc) is 2.48. The summed E-state index contributed by atoms with van der Waals surface area (Å²) in [6, 6.07) is 2.45. The molecular weight excluding hydrogens is 368 g/mol. The maximum Gasteiger partial charge on any atom is 0.387 e. The molecule has 24 heavy (non-hydrogen) atoms. The molecule has 0 aliphatic carbocycles. The third-order valence-electron chi connectivity index (χ3n) is 3.97. The van der Waals surface area contributed by atoms with E-state index in [0.29, 0.717) is 12.8 Å². The predicted octanol–water partition coefficient (Wildman–Crippen LogP) is 2.82. The van der Waals surface area contributed by atoms with Crippen molar-refractivity contribution in [3.05, 3.63) is 23.2 Å². The van der Waals surface area contributed by atoms with Crippen molar-refractivity contribution in [3.63, 3.8) is 0 Å². The number of rotatable bonds is 5. The first-order valence-corrected chi connectivity index (χ1v) is 8.95. The fourth-order valence-corrected chi connectivity index (χ4v) is 4.77. The summed E-state index contributed by atoms with van der Waals surface area (Å²) in [5, 5.41) is 8.93. The number of sulfonamides is 1. The summed E-state index contributed by atoms with van der Waals surface area (Å²) in [5.41, 5.74) is 0. The lowest BCUT2D eigenvalue weighted by Crippen LogP contribution is -2.48. The summed E-state index contributed by atoms with van der Waals surface area (Å²) in [7, 11) is -4.00. The van der Waals surface area contributed by atoms with Crippen molar-refractivity contribution in [2.24, 2.45) is 5.92 Å². The van der Waals surface area contributed by atoms with Crippen LogP contribution in [0.5, 0.6) is 5.75 Å². The molecule has 0 radical (unpaired) electrons. The number of carbonyl (C=O) groups is 1. The van der Waals surface area contributed by atoms with Gasteiger partial charge in [0, 0.05) is 12.6 Å². The zero-order chi connectivity index (χ0) is 18.1. The van der Waals surface area contributed by atoms with Crippen molar-refractivity contribution in [1.29, 1.82) is 0 Å². The first-order chi connectivity index (χ1) is 11.1. The number of carboxylic acids is 1. The van der Waals surface area contributed by atoms with Crippen molar-refractivity contribution in [1.82, 2.24) is 4.31 Å². The summed E-state index contributed by atoms with van der Waals surface area (Å²) in [6.45, 7) is -1.37. The lowest BCUT2D eigenvalue weighted by Gasteiger charge is -2.36.